The van der Waals surface area contributed by atoms with Gasteiger partial charge in [-0.15, -0.1) is 12.4 Å². The zero-order chi connectivity index (χ0) is 21.0. The van der Waals surface area contributed by atoms with Gasteiger partial charge in [-0.3, -0.25) is 4.90 Å². The maximum absolute atomic E-state index is 6.55. The van der Waals surface area contributed by atoms with Gasteiger partial charge >= 0.3 is 0 Å². The van der Waals surface area contributed by atoms with Crippen LogP contribution in [0.4, 0.5) is 0 Å². The predicted molar refractivity (Wildman–Crippen MR) is 130 cm³/mol. The smallest absolute Gasteiger partial charge is 0.169 e. The highest BCUT2D eigenvalue weighted by Crippen LogP contribution is 2.39. The number of rotatable bonds is 6. The molecule has 0 aromatic heterocycles. The summed E-state index contributed by atoms with van der Waals surface area (Å²) < 4.78 is 18.3. The normalized spacial score (nSPS) is 18.4. The van der Waals surface area contributed by atoms with E-state index in [-0.39, 0.29) is 18.5 Å². The minimum absolute atomic E-state index is 0. The van der Waals surface area contributed by atoms with Crippen LogP contribution in [0, 0.1) is 0 Å². The van der Waals surface area contributed by atoms with E-state index in [0.717, 1.165) is 61.7 Å². The number of hydrogen-bond acceptors (Lipinski definition) is 5. The highest BCUT2D eigenvalue weighted by Gasteiger charge is 2.29. The Morgan fingerprint density at radius 3 is 2.62 bits per heavy atom. The molecule has 3 aromatic rings. The quantitative estimate of drug-likeness (QED) is 0.586. The summed E-state index contributed by atoms with van der Waals surface area (Å²) >= 11 is 0. The molecule has 0 amide bonds. The van der Waals surface area contributed by atoms with Gasteiger partial charge in [-0.1, -0.05) is 48.5 Å². The molecule has 1 atom stereocenters. The van der Waals surface area contributed by atoms with Crippen molar-refractivity contribution in [1.29, 1.82) is 0 Å². The second-order valence-corrected chi connectivity index (χ2v) is 8.39. The van der Waals surface area contributed by atoms with E-state index >= 15 is 0 Å². The molecule has 0 aliphatic carbocycles. The first-order valence-electron chi connectivity index (χ1n) is 11.2. The fourth-order valence-electron chi connectivity index (χ4n) is 4.76. The molecule has 2 heterocycles. The van der Waals surface area contributed by atoms with Crippen molar-refractivity contribution in [2.75, 3.05) is 33.4 Å². The molecule has 1 N–H and O–H groups in total. The van der Waals surface area contributed by atoms with Crippen LogP contribution in [0.5, 0.6) is 17.2 Å². The number of methoxy groups -OCH3 is 1. The monoisotopic (exact) mass is 454 g/mol. The zero-order valence-electron chi connectivity index (χ0n) is 18.5. The number of fused-ring (bicyclic) bond motifs is 3. The largest absolute Gasteiger partial charge is 0.496 e. The van der Waals surface area contributed by atoms with Crippen LogP contribution in [0.3, 0.4) is 0 Å². The van der Waals surface area contributed by atoms with E-state index < -0.39 is 0 Å². The summed E-state index contributed by atoms with van der Waals surface area (Å²) in [6.45, 7) is 4.35. The molecule has 1 saturated heterocycles. The van der Waals surface area contributed by atoms with E-state index in [1.807, 2.05) is 18.2 Å². The number of hydrogen-bond donors (Lipinski definition) is 1. The molecular weight excluding hydrogens is 424 g/mol. The van der Waals surface area contributed by atoms with Gasteiger partial charge in [-0.25, -0.2) is 0 Å². The molecular formula is C26H31ClN2O3. The molecule has 2 aliphatic rings. The molecule has 2 aliphatic heterocycles. The summed E-state index contributed by atoms with van der Waals surface area (Å²) in [5.74, 6) is 2.66. The van der Waals surface area contributed by atoms with Gasteiger partial charge in [-0.05, 0) is 43.5 Å². The first-order valence-corrected chi connectivity index (χ1v) is 11.2. The molecule has 0 radical (unpaired) electrons. The Bertz CT molecular complexity index is 1040. The lowest BCUT2D eigenvalue weighted by Gasteiger charge is -2.38. The minimum Gasteiger partial charge on any atom is -0.496 e. The van der Waals surface area contributed by atoms with Crippen LogP contribution in [0.25, 0.3) is 10.8 Å². The number of nitrogens with zero attached hydrogens (tertiary/aromatic N) is 1. The Labute approximate surface area is 196 Å². The van der Waals surface area contributed by atoms with Crippen molar-refractivity contribution in [3.8, 4) is 17.2 Å². The Hall–Kier alpha value is -2.47. The maximum Gasteiger partial charge on any atom is 0.169 e. The van der Waals surface area contributed by atoms with E-state index in [0.29, 0.717) is 12.6 Å². The number of nitrogens with one attached hydrogen (secondary N) is 1. The number of piperidine rings is 1. The van der Waals surface area contributed by atoms with E-state index in [4.69, 9.17) is 14.2 Å². The van der Waals surface area contributed by atoms with Gasteiger partial charge in [0.05, 0.1) is 7.11 Å². The topological polar surface area (TPSA) is 43.0 Å². The Kier molecular flexibility index (Phi) is 7.40. The van der Waals surface area contributed by atoms with Crippen LogP contribution in [0.15, 0.2) is 60.7 Å². The van der Waals surface area contributed by atoms with Crippen molar-refractivity contribution >= 4 is 23.2 Å². The fourth-order valence-corrected chi connectivity index (χ4v) is 4.76. The standard InChI is InChI=1S/C26H30N2O3.ClH/c1-29-24-9-5-3-7-20(24)16-28(21-12-14-27-15-13-21)17-22-18-30-25-11-10-19-6-2-4-8-23(19)26(25)31-22;/h2-11,21-22,27H,12-18H2,1H3;1H. The summed E-state index contributed by atoms with van der Waals surface area (Å²) in [5.41, 5.74) is 1.21. The molecule has 5 nitrogen and oxygen atoms in total. The average molecular weight is 455 g/mol. The summed E-state index contributed by atoms with van der Waals surface area (Å²) in [6, 6.07) is 21.3. The number of benzene rings is 3. The van der Waals surface area contributed by atoms with Crippen molar-refractivity contribution in [1.82, 2.24) is 10.2 Å². The second-order valence-electron chi connectivity index (χ2n) is 8.39. The Balaban J connectivity index is 0.00000245. The van der Waals surface area contributed by atoms with Crippen LogP contribution < -0.4 is 19.5 Å². The van der Waals surface area contributed by atoms with Gasteiger partial charge in [-0.2, -0.15) is 0 Å². The zero-order valence-corrected chi connectivity index (χ0v) is 19.3. The predicted octanol–water partition coefficient (Wildman–Crippen LogP) is 4.66. The molecule has 3 aromatic carbocycles. The van der Waals surface area contributed by atoms with E-state index in [1.165, 1.54) is 10.9 Å². The Morgan fingerprint density at radius 1 is 1.00 bits per heavy atom. The molecule has 0 spiro atoms. The van der Waals surface area contributed by atoms with Crippen LogP contribution in [0.2, 0.25) is 0 Å². The second kappa shape index (κ2) is 10.4. The van der Waals surface area contributed by atoms with E-state index in [9.17, 15) is 0 Å². The summed E-state index contributed by atoms with van der Waals surface area (Å²) in [4.78, 5) is 2.56. The third-order valence-corrected chi connectivity index (χ3v) is 6.38. The Morgan fingerprint density at radius 2 is 1.78 bits per heavy atom. The third-order valence-electron chi connectivity index (χ3n) is 6.38. The van der Waals surface area contributed by atoms with Gasteiger partial charge in [0.15, 0.2) is 11.5 Å². The molecule has 0 bridgehead atoms. The van der Waals surface area contributed by atoms with Gasteiger partial charge in [0.25, 0.3) is 0 Å². The van der Waals surface area contributed by atoms with Gasteiger partial charge < -0.3 is 19.5 Å². The van der Waals surface area contributed by atoms with Crippen molar-refractivity contribution in [2.24, 2.45) is 0 Å². The van der Waals surface area contributed by atoms with Crippen molar-refractivity contribution < 1.29 is 14.2 Å². The SMILES string of the molecule is COc1ccccc1CN(CC1COc2ccc3ccccc3c2O1)C1CCNCC1.Cl. The maximum atomic E-state index is 6.55. The average Bonchev–Trinajstić information content (AvgIpc) is 2.84. The molecule has 32 heavy (non-hydrogen) atoms. The lowest BCUT2D eigenvalue weighted by molar-refractivity contribution is 0.0368. The fraction of sp³-hybridized carbons (Fsp3) is 0.385. The van der Waals surface area contributed by atoms with Crippen molar-refractivity contribution in [2.45, 2.75) is 31.5 Å². The lowest BCUT2D eigenvalue weighted by Crippen LogP contribution is -2.48. The first-order chi connectivity index (χ1) is 15.3. The highest BCUT2D eigenvalue weighted by atomic mass is 35.5. The van der Waals surface area contributed by atoms with Crippen molar-refractivity contribution in [3.63, 3.8) is 0 Å². The van der Waals surface area contributed by atoms with Crippen LogP contribution in [0.1, 0.15) is 18.4 Å². The summed E-state index contributed by atoms with van der Waals surface area (Å²) in [7, 11) is 1.74. The lowest BCUT2D eigenvalue weighted by atomic mass is 10.0. The molecule has 170 valence electrons. The molecule has 0 saturated carbocycles. The highest BCUT2D eigenvalue weighted by molar-refractivity contribution is 5.90. The number of para-hydroxylation sites is 1. The third kappa shape index (κ3) is 4.80. The van der Waals surface area contributed by atoms with E-state index in [2.05, 4.69) is 52.7 Å². The molecule has 5 rings (SSSR count). The number of ether oxygens (including phenoxy) is 3. The van der Waals surface area contributed by atoms with E-state index in [1.54, 1.807) is 7.11 Å². The van der Waals surface area contributed by atoms with Crippen LogP contribution in [-0.4, -0.2) is 50.4 Å². The molecule has 6 heteroatoms. The summed E-state index contributed by atoms with van der Waals surface area (Å²) in [6.07, 6.45) is 2.27. The minimum atomic E-state index is -0.0112. The number of halogens is 1. The first kappa shape index (κ1) is 22.7. The van der Waals surface area contributed by atoms with Gasteiger partial charge in [0, 0.05) is 30.1 Å². The van der Waals surface area contributed by atoms with Gasteiger partial charge in [0.2, 0.25) is 0 Å². The van der Waals surface area contributed by atoms with Gasteiger partial charge in [0.1, 0.15) is 18.5 Å². The van der Waals surface area contributed by atoms with Crippen molar-refractivity contribution in [3.05, 3.63) is 66.2 Å². The van der Waals surface area contributed by atoms with Crippen LogP contribution in [-0.2, 0) is 6.54 Å². The summed E-state index contributed by atoms with van der Waals surface area (Å²) in [5, 5.41) is 5.77. The van der Waals surface area contributed by atoms with Crippen LogP contribution >= 0.6 is 12.4 Å². The molecule has 1 fully saturated rings. The molecule has 1 unspecified atom stereocenters.